The first-order valence-electron chi connectivity index (χ1n) is 7.78. The van der Waals surface area contributed by atoms with E-state index in [1.807, 2.05) is 42.1 Å². The fourth-order valence-electron chi connectivity index (χ4n) is 1.97. The zero-order valence-electron chi connectivity index (χ0n) is 13.5. The SMILES string of the molecule is C=CCOc1ccc(NC(=S)NCCSCc2ccccc2)cc1. The van der Waals surface area contributed by atoms with Gasteiger partial charge >= 0.3 is 0 Å². The van der Waals surface area contributed by atoms with Crippen LogP contribution in [-0.4, -0.2) is 24.0 Å². The highest BCUT2D eigenvalue weighted by Crippen LogP contribution is 2.15. The fraction of sp³-hybridized carbons (Fsp3) is 0.211. The van der Waals surface area contributed by atoms with E-state index in [0.717, 1.165) is 29.5 Å². The lowest BCUT2D eigenvalue weighted by Gasteiger charge is -2.11. The van der Waals surface area contributed by atoms with Gasteiger partial charge in [0.1, 0.15) is 12.4 Å². The molecule has 2 rings (SSSR count). The molecule has 24 heavy (non-hydrogen) atoms. The Morgan fingerprint density at radius 2 is 1.88 bits per heavy atom. The number of nitrogens with one attached hydrogen (secondary N) is 2. The van der Waals surface area contributed by atoms with Gasteiger partial charge < -0.3 is 15.4 Å². The first-order valence-corrected chi connectivity index (χ1v) is 9.34. The fourth-order valence-corrected chi connectivity index (χ4v) is 3.00. The first kappa shape index (κ1) is 18.4. The highest BCUT2D eigenvalue weighted by molar-refractivity contribution is 7.98. The van der Waals surface area contributed by atoms with Gasteiger partial charge in [-0.25, -0.2) is 0 Å². The predicted molar refractivity (Wildman–Crippen MR) is 109 cm³/mol. The van der Waals surface area contributed by atoms with E-state index in [-0.39, 0.29) is 0 Å². The molecule has 3 nitrogen and oxygen atoms in total. The van der Waals surface area contributed by atoms with Gasteiger partial charge in [0.15, 0.2) is 5.11 Å². The standard InChI is InChI=1S/C19H22N2OS2/c1-2-13-22-18-10-8-17(9-11-18)21-19(23)20-12-14-24-15-16-6-4-3-5-7-16/h2-11H,1,12-15H2,(H2,20,21,23). The second kappa shape index (κ2) is 10.7. The van der Waals surface area contributed by atoms with Crippen LogP contribution < -0.4 is 15.4 Å². The molecule has 0 aliphatic carbocycles. The number of thioether (sulfide) groups is 1. The van der Waals surface area contributed by atoms with Crippen LogP contribution in [0.15, 0.2) is 67.3 Å². The van der Waals surface area contributed by atoms with Crippen LogP contribution in [0.3, 0.4) is 0 Å². The van der Waals surface area contributed by atoms with E-state index in [1.165, 1.54) is 5.56 Å². The van der Waals surface area contributed by atoms with E-state index in [2.05, 4.69) is 41.5 Å². The molecule has 0 aliphatic rings. The van der Waals surface area contributed by atoms with Crippen molar-refractivity contribution >= 4 is 34.8 Å². The van der Waals surface area contributed by atoms with Gasteiger partial charge in [0.25, 0.3) is 0 Å². The Hall–Kier alpha value is -1.98. The van der Waals surface area contributed by atoms with Crippen LogP contribution in [-0.2, 0) is 5.75 Å². The Morgan fingerprint density at radius 1 is 1.12 bits per heavy atom. The molecule has 0 bridgehead atoms. The first-order chi connectivity index (χ1) is 11.8. The summed E-state index contributed by atoms with van der Waals surface area (Å²) in [4.78, 5) is 0. The predicted octanol–water partition coefficient (Wildman–Crippen LogP) is 4.47. The summed E-state index contributed by atoms with van der Waals surface area (Å²) < 4.78 is 5.45. The molecule has 2 N–H and O–H groups in total. The van der Waals surface area contributed by atoms with E-state index < -0.39 is 0 Å². The van der Waals surface area contributed by atoms with Crippen LogP contribution in [0, 0.1) is 0 Å². The zero-order chi connectivity index (χ0) is 17.0. The van der Waals surface area contributed by atoms with Crippen molar-refractivity contribution in [2.45, 2.75) is 5.75 Å². The van der Waals surface area contributed by atoms with Crippen LogP contribution in [0.25, 0.3) is 0 Å². The maximum atomic E-state index is 5.45. The molecule has 0 saturated carbocycles. The molecule has 5 heteroatoms. The molecular formula is C19H22N2OS2. The molecule has 2 aromatic rings. The Balaban J connectivity index is 1.61. The van der Waals surface area contributed by atoms with Crippen LogP contribution in [0.4, 0.5) is 5.69 Å². The summed E-state index contributed by atoms with van der Waals surface area (Å²) in [6.45, 7) is 4.97. The minimum atomic E-state index is 0.507. The van der Waals surface area contributed by atoms with E-state index in [0.29, 0.717) is 11.7 Å². The molecule has 0 amide bonds. The quantitative estimate of drug-likeness (QED) is 0.393. The van der Waals surface area contributed by atoms with Crippen molar-refractivity contribution in [3.8, 4) is 5.75 Å². The average molecular weight is 359 g/mol. The molecule has 0 atom stereocenters. The molecule has 0 aromatic heterocycles. The summed E-state index contributed by atoms with van der Waals surface area (Å²) in [6, 6.07) is 18.2. The molecule has 0 saturated heterocycles. The van der Waals surface area contributed by atoms with Gasteiger partial charge in [-0.2, -0.15) is 11.8 Å². The Kier molecular flexibility index (Phi) is 8.21. The number of benzene rings is 2. The topological polar surface area (TPSA) is 33.3 Å². The second-order valence-corrected chi connectivity index (χ2v) is 6.56. The van der Waals surface area contributed by atoms with Gasteiger partial charge in [-0.3, -0.25) is 0 Å². The largest absolute Gasteiger partial charge is 0.490 e. The van der Waals surface area contributed by atoms with Gasteiger partial charge in [0.05, 0.1) is 0 Å². The van der Waals surface area contributed by atoms with Gasteiger partial charge in [-0.1, -0.05) is 43.0 Å². The summed E-state index contributed by atoms with van der Waals surface area (Å²) in [5.74, 6) is 2.84. The van der Waals surface area contributed by atoms with Crippen LogP contribution >= 0.6 is 24.0 Å². The monoisotopic (exact) mass is 358 g/mol. The minimum absolute atomic E-state index is 0.507. The number of rotatable bonds is 9. The third-order valence-corrected chi connectivity index (χ3v) is 4.40. The molecule has 2 aromatic carbocycles. The highest BCUT2D eigenvalue weighted by Gasteiger charge is 1.99. The Labute approximate surface area is 153 Å². The molecule has 0 spiro atoms. The third-order valence-electron chi connectivity index (χ3n) is 3.12. The Morgan fingerprint density at radius 3 is 2.58 bits per heavy atom. The van der Waals surface area contributed by atoms with E-state index in [1.54, 1.807) is 6.08 Å². The Bertz CT molecular complexity index is 630. The van der Waals surface area contributed by atoms with Gasteiger partial charge in [-0.05, 0) is 42.0 Å². The third kappa shape index (κ3) is 7.06. The summed E-state index contributed by atoms with van der Waals surface area (Å²) in [5, 5.41) is 7.02. The minimum Gasteiger partial charge on any atom is -0.490 e. The van der Waals surface area contributed by atoms with Crippen molar-refractivity contribution < 1.29 is 4.74 Å². The average Bonchev–Trinajstić information content (AvgIpc) is 2.62. The van der Waals surface area contributed by atoms with Gasteiger partial charge in [-0.15, -0.1) is 0 Å². The number of ether oxygens (including phenoxy) is 1. The molecule has 0 radical (unpaired) electrons. The molecule has 0 aliphatic heterocycles. The van der Waals surface area contributed by atoms with Crippen molar-refractivity contribution in [3.63, 3.8) is 0 Å². The second-order valence-electron chi connectivity index (χ2n) is 5.04. The van der Waals surface area contributed by atoms with Crippen LogP contribution in [0.1, 0.15) is 5.56 Å². The lowest BCUT2D eigenvalue weighted by Crippen LogP contribution is -2.30. The van der Waals surface area contributed by atoms with Crippen molar-refractivity contribution in [2.75, 3.05) is 24.2 Å². The maximum Gasteiger partial charge on any atom is 0.170 e. The summed E-state index contributed by atoms with van der Waals surface area (Å²) >= 11 is 7.20. The summed E-state index contributed by atoms with van der Waals surface area (Å²) in [7, 11) is 0. The normalized spacial score (nSPS) is 10.0. The van der Waals surface area contributed by atoms with Crippen molar-refractivity contribution in [1.82, 2.24) is 5.32 Å². The molecule has 0 fully saturated rings. The summed E-state index contributed by atoms with van der Waals surface area (Å²) in [5.41, 5.74) is 2.29. The number of hydrogen-bond donors (Lipinski definition) is 2. The van der Waals surface area contributed by atoms with Gasteiger partial charge in [0, 0.05) is 23.7 Å². The van der Waals surface area contributed by atoms with Crippen LogP contribution in [0.2, 0.25) is 0 Å². The number of hydrogen-bond acceptors (Lipinski definition) is 3. The summed E-state index contributed by atoms with van der Waals surface area (Å²) in [6.07, 6.45) is 1.72. The highest BCUT2D eigenvalue weighted by atomic mass is 32.2. The van der Waals surface area contributed by atoms with E-state index in [9.17, 15) is 0 Å². The number of thiocarbonyl (C=S) groups is 1. The van der Waals surface area contributed by atoms with Crippen molar-refractivity contribution in [1.29, 1.82) is 0 Å². The molecule has 0 unspecified atom stereocenters. The molecule has 0 heterocycles. The van der Waals surface area contributed by atoms with Gasteiger partial charge in [0.2, 0.25) is 0 Å². The lowest BCUT2D eigenvalue weighted by molar-refractivity contribution is 0.363. The van der Waals surface area contributed by atoms with E-state index in [4.69, 9.17) is 17.0 Å². The van der Waals surface area contributed by atoms with E-state index >= 15 is 0 Å². The van der Waals surface area contributed by atoms with Crippen molar-refractivity contribution in [3.05, 3.63) is 72.8 Å². The van der Waals surface area contributed by atoms with Crippen LogP contribution in [0.5, 0.6) is 5.75 Å². The number of anilines is 1. The lowest BCUT2D eigenvalue weighted by atomic mass is 10.2. The maximum absolute atomic E-state index is 5.45. The smallest absolute Gasteiger partial charge is 0.170 e. The zero-order valence-corrected chi connectivity index (χ0v) is 15.2. The van der Waals surface area contributed by atoms with Crippen molar-refractivity contribution in [2.24, 2.45) is 0 Å². The molecular weight excluding hydrogens is 336 g/mol. The molecule has 126 valence electrons.